The number of carboxylic acid groups (broad SMARTS) is 1. The summed E-state index contributed by atoms with van der Waals surface area (Å²) in [6.45, 7) is 23.0. The predicted molar refractivity (Wildman–Crippen MR) is 282 cm³/mol. The van der Waals surface area contributed by atoms with Gasteiger partial charge < -0.3 is 34.8 Å². The van der Waals surface area contributed by atoms with Crippen molar-refractivity contribution in [2.75, 3.05) is 13.2 Å². The molecule has 1 amide bonds. The Labute approximate surface area is 422 Å². The summed E-state index contributed by atoms with van der Waals surface area (Å²) < 4.78 is 47.7. The fraction of sp³-hybridized carbons (Fsp3) is 0.417. The zero-order chi connectivity index (χ0) is 52.3. The summed E-state index contributed by atoms with van der Waals surface area (Å²) in [5, 5.41) is 22.5. The van der Waals surface area contributed by atoms with Crippen LogP contribution in [-0.2, 0) is 37.0 Å². The first-order valence-corrected chi connectivity index (χ1v) is 31.2. The number of amides is 1. The van der Waals surface area contributed by atoms with Gasteiger partial charge in [-0.3, -0.25) is 14.2 Å². The third-order valence-electron chi connectivity index (χ3n) is 10.7. The van der Waals surface area contributed by atoms with E-state index < -0.39 is 33.8 Å². The zero-order valence-electron chi connectivity index (χ0n) is 42.2. The average Bonchev–Trinajstić information content (AvgIpc) is 4.00. The number of fused-ring (bicyclic) bond motifs is 4. The zero-order valence-corrected chi connectivity index (χ0v) is 45.7. The van der Waals surface area contributed by atoms with Crippen LogP contribution in [0.3, 0.4) is 0 Å². The van der Waals surface area contributed by atoms with Crippen molar-refractivity contribution in [3.63, 3.8) is 0 Å². The van der Waals surface area contributed by atoms with Gasteiger partial charge in [-0.2, -0.15) is 10.2 Å². The minimum atomic E-state index is -1.24. The molecular weight excluding hydrogens is 990 g/mol. The van der Waals surface area contributed by atoms with E-state index in [1.54, 1.807) is 52.4 Å². The van der Waals surface area contributed by atoms with Crippen molar-refractivity contribution in [3.05, 3.63) is 81.9 Å². The molecule has 0 saturated carbocycles. The summed E-state index contributed by atoms with van der Waals surface area (Å²) in [4.78, 5) is 43.0. The third-order valence-corrected chi connectivity index (χ3v) is 14.5. The number of hydrogen-bond acceptors (Lipinski definition) is 11. The van der Waals surface area contributed by atoms with Gasteiger partial charge in [0.15, 0.2) is 11.3 Å². The van der Waals surface area contributed by atoms with Crippen LogP contribution in [0.15, 0.2) is 49.1 Å². The molecule has 6 aromatic heterocycles. The summed E-state index contributed by atoms with van der Waals surface area (Å²) in [6, 6.07) is 8.02. The maximum atomic E-state index is 14.9. The second kappa shape index (κ2) is 22.4. The van der Waals surface area contributed by atoms with E-state index in [0.29, 0.717) is 69.4 Å². The number of nitrogens with zero attached hydrogens (tertiary/aromatic N) is 10. The van der Waals surface area contributed by atoms with Crippen LogP contribution in [0.5, 0.6) is 0 Å². The molecule has 0 aliphatic carbocycles. The van der Waals surface area contributed by atoms with Gasteiger partial charge in [0.1, 0.15) is 64.5 Å². The number of carbonyl (C=O) groups is 2. The van der Waals surface area contributed by atoms with Gasteiger partial charge in [-0.1, -0.05) is 76.3 Å². The lowest BCUT2D eigenvalue weighted by Gasteiger charge is -2.15. The Kier molecular flexibility index (Phi) is 17.2. The van der Waals surface area contributed by atoms with Crippen LogP contribution >= 0.6 is 23.2 Å². The second-order valence-electron chi connectivity index (χ2n) is 20.3. The SMILES string of the molecule is CC(C)N.CC(C)NC(=O)c1cn(COCC[Si](C)(C)C)c2ncc(-c3nn(C)c4cc(Cl)cc(F)c34)nc12.Cn1nc(-c2cnc3c(n2)c(C(=O)O)cn3COCC[Si](C)(C)C)c2c(F)cc(Cl)cc21. The fourth-order valence-electron chi connectivity index (χ4n) is 7.24. The number of aromatic carboxylic acids is 1. The van der Waals surface area contributed by atoms with Crippen molar-refractivity contribution >= 4 is 95.4 Å². The Bertz CT molecular complexity index is 3230. The van der Waals surface area contributed by atoms with Crippen molar-refractivity contribution in [1.82, 2.24) is 53.9 Å². The maximum Gasteiger partial charge on any atom is 0.339 e. The topological polar surface area (TPSA) is 208 Å². The highest BCUT2D eigenvalue weighted by molar-refractivity contribution is 6.76. The minimum absolute atomic E-state index is 0.00750. The number of aryl methyl sites for hydroxylation is 2. The van der Waals surface area contributed by atoms with E-state index >= 15 is 0 Å². The Morgan fingerprint density at radius 2 is 1.11 bits per heavy atom. The summed E-state index contributed by atoms with van der Waals surface area (Å²) in [6.07, 6.45) is 6.17. The van der Waals surface area contributed by atoms with Gasteiger partial charge in [-0.15, -0.1) is 0 Å². The Balaban J connectivity index is 0.000000217. The van der Waals surface area contributed by atoms with Crippen molar-refractivity contribution < 1.29 is 33.0 Å². The predicted octanol–water partition coefficient (Wildman–Crippen LogP) is 10.4. The Morgan fingerprint density at radius 1 is 0.718 bits per heavy atom. The molecule has 2 aromatic carbocycles. The lowest BCUT2D eigenvalue weighted by molar-refractivity contribution is 0.0695. The standard InChI is InChI=1S/C24H30ClFN6O2Si.C21H23ClFN5O3Si.C3H9N/c1-14(2)28-24(33)16-12-32(13-34-7-8-35(4,5)6)23-21(16)29-18(11-27-23)22-20-17(26)9-15(25)10-19(20)31(3)30-22;1-27-16-8-12(22)7-14(23)17(16)19(26-27)15-9-24-20-18(25-15)13(21(29)30)10-28(20)11-31-5-6-32(2,3)4;1-3(2)4/h9-12,14H,7-8,13H2,1-6H3,(H,28,33);7-10H,5-6,11H2,1-4H3,(H,29,30);3H,4H2,1-2H3. The van der Waals surface area contributed by atoms with Gasteiger partial charge in [-0.25, -0.2) is 33.5 Å². The molecule has 0 aliphatic rings. The van der Waals surface area contributed by atoms with Crippen molar-refractivity contribution in [2.45, 2.75) is 105 Å². The van der Waals surface area contributed by atoms with Crippen LogP contribution in [0.1, 0.15) is 48.4 Å². The molecule has 17 nitrogen and oxygen atoms in total. The number of ether oxygens (including phenoxy) is 2. The van der Waals surface area contributed by atoms with Crippen LogP contribution < -0.4 is 11.1 Å². The first-order chi connectivity index (χ1) is 33.2. The maximum absolute atomic E-state index is 14.9. The van der Waals surface area contributed by atoms with E-state index in [1.807, 2.05) is 27.7 Å². The molecular formula is C48H62Cl2F2N12O5Si2. The van der Waals surface area contributed by atoms with Crippen LogP contribution in [0.2, 0.25) is 61.4 Å². The largest absolute Gasteiger partial charge is 0.478 e. The minimum Gasteiger partial charge on any atom is -0.478 e. The second-order valence-corrected chi connectivity index (χ2v) is 32.4. The quantitative estimate of drug-likeness (QED) is 0.0647. The number of nitrogens with one attached hydrogen (secondary N) is 1. The Hall–Kier alpha value is -5.69. The van der Waals surface area contributed by atoms with Crippen molar-refractivity contribution in [3.8, 4) is 22.8 Å². The number of halogens is 4. The first-order valence-electron chi connectivity index (χ1n) is 23.0. The van der Waals surface area contributed by atoms with Gasteiger partial charge in [-0.05, 0) is 56.2 Å². The van der Waals surface area contributed by atoms with Gasteiger partial charge >= 0.3 is 5.97 Å². The number of nitrogens with two attached hydrogens (primary N) is 1. The third kappa shape index (κ3) is 13.4. The normalized spacial score (nSPS) is 12.0. The molecule has 0 bridgehead atoms. The molecule has 0 unspecified atom stereocenters. The molecule has 0 fully saturated rings. The monoisotopic (exact) mass is 1050 g/mol. The number of carbonyl (C=O) groups excluding carboxylic acids is 1. The number of carboxylic acids is 1. The van der Waals surface area contributed by atoms with Gasteiger partial charge in [0.05, 0.1) is 39.8 Å². The summed E-state index contributed by atoms with van der Waals surface area (Å²) in [5.41, 5.74) is 9.23. The summed E-state index contributed by atoms with van der Waals surface area (Å²) in [7, 11) is 0.915. The van der Waals surface area contributed by atoms with Gasteiger partial charge in [0.25, 0.3) is 5.91 Å². The highest BCUT2D eigenvalue weighted by Gasteiger charge is 2.25. The summed E-state index contributed by atoms with van der Waals surface area (Å²) in [5.74, 6) is -2.43. The smallest absolute Gasteiger partial charge is 0.339 e. The molecule has 0 spiro atoms. The number of benzene rings is 2. The number of rotatable bonds is 15. The molecule has 6 heterocycles. The number of hydrogen-bond donors (Lipinski definition) is 3. The van der Waals surface area contributed by atoms with Gasteiger partial charge in [0, 0.05) is 71.9 Å². The highest BCUT2D eigenvalue weighted by atomic mass is 35.5. The van der Waals surface area contributed by atoms with Gasteiger partial charge in [0.2, 0.25) is 0 Å². The van der Waals surface area contributed by atoms with E-state index in [1.165, 1.54) is 29.2 Å². The van der Waals surface area contributed by atoms with E-state index in [0.717, 1.165) is 12.1 Å². The lowest BCUT2D eigenvalue weighted by atomic mass is 10.1. The molecule has 380 valence electrons. The highest BCUT2D eigenvalue weighted by Crippen LogP contribution is 2.34. The molecule has 0 radical (unpaired) electrons. The van der Waals surface area contributed by atoms with Crippen LogP contribution in [0.25, 0.3) is 66.9 Å². The molecule has 4 N–H and O–H groups in total. The van der Waals surface area contributed by atoms with E-state index in [-0.39, 0.29) is 63.3 Å². The van der Waals surface area contributed by atoms with E-state index in [2.05, 4.69) is 69.7 Å². The summed E-state index contributed by atoms with van der Waals surface area (Å²) >= 11 is 12.0. The fourth-order valence-corrected chi connectivity index (χ4v) is 9.15. The average molecular weight is 1050 g/mol. The van der Waals surface area contributed by atoms with Crippen LogP contribution in [0.4, 0.5) is 8.78 Å². The lowest BCUT2D eigenvalue weighted by Crippen LogP contribution is -2.30. The Morgan fingerprint density at radius 3 is 1.49 bits per heavy atom. The molecule has 0 atom stereocenters. The van der Waals surface area contributed by atoms with Crippen molar-refractivity contribution in [2.24, 2.45) is 19.8 Å². The molecule has 23 heteroatoms. The number of aromatic nitrogens is 10. The molecule has 0 saturated heterocycles. The van der Waals surface area contributed by atoms with Crippen molar-refractivity contribution in [1.29, 1.82) is 0 Å². The first kappa shape index (κ1) is 54.6. The molecule has 71 heavy (non-hydrogen) atoms. The van der Waals surface area contributed by atoms with Crippen LogP contribution in [0, 0.1) is 11.6 Å². The molecule has 8 rings (SSSR count). The van der Waals surface area contributed by atoms with E-state index in [9.17, 15) is 23.5 Å². The van der Waals surface area contributed by atoms with E-state index in [4.69, 9.17) is 43.4 Å². The van der Waals surface area contributed by atoms with Crippen LogP contribution in [-0.4, -0.2) is 107 Å². The molecule has 8 aromatic rings. The molecule has 0 aliphatic heterocycles.